The van der Waals surface area contributed by atoms with Gasteiger partial charge in [0.2, 0.25) is 5.91 Å². The summed E-state index contributed by atoms with van der Waals surface area (Å²) >= 11 is 0. The average Bonchev–Trinajstić information content (AvgIpc) is 2.82. The lowest BCUT2D eigenvalue weighted by Crippen LogP contribution is -2.54. The summed E-state index contributed by atoms with van der Waals surface area (Å²) in [6.45, 7) is 3.03. The van der Waals surface area contributed by atoms with Crippen LogP contribution in [-0.4, -0.2) is 53.2 Å². The Hall–Kier alpha value is -1.14. The molecule has 1 saturated heterocycles. The third-order valence-corrected chi connectivity index (χ3v) is 4.41. The van der Waals surface area contributed by atoms with E-state index >= 15 is 0 Å². The van der Waals surface area contributed by atoms with E-state index in [0.717, 1.165) is 25.7 Å². The zero-order valence-corrected chi connectivity index (χ0v) is 12.0. The van der Waals surface area contributed by atoms with Gasteiger partial charge in [-0.15, -0.1) is 0 Å². The first-order chi connectivity index (χ1) is 9.47. The van der Waals surface area contributed by atoms with E-state index in [9.17, 15) is 14.7 Å². The summed E-state index contributed by atoms with van der Waals surface area (Å²) in [7, 11) is 0. The molecule has 0 radical (unpaired) electrons. The lowest BCUT2D eigenvalue weighted by molar-refractivity contribution is -0.145. The molecule has 1 aliphatic carbocycles. The quantitative estimate of drug-likeness (QED) is 0.745. The number of aliphatic carboxylic acids is 1. The average molecular weight is 284 g/mol. The first-order valence-corrected chi connectivity index (χ1v) is 7.36. The molecule has 0 spiro atoms. The van der Waals surface area contributed by atoms with E-state index in [-0.39, 0.29) is 24.1 Å². The smallest absolute Gasteiger partial charge is 0.311 e. The zero-order valence-electron chi connectivity index (χ0n) is 12.0. The maximum absolute atomic E-state index is 12.5. The van der Waals surface area contributed by atoms with Gasteiger partial charge in [-0.2, -0.15) is 0 Å². The molecule has 3 N–H and O–H groups in total. The number of ether oxygens (including phenoxy) is 1. The molecule has 1 aliphatic heterocycles. The van der Waals surface area contributed by atoms with Gasteiger partial charge in [0.15, 0.2) is 0 Å². The molecule has 1 amide bonds. The molecule has 0 bridgehead atoms. The van der Waals surface area contributed by atoms with Gasteiger partial charge in [0, 0.05) is 18.5 Å². The second kappa shape index (κ2) is 6.10. The van der Waals surface area contributed by atoms with Gasteiger partial charge in [-0.3, -0.25) is 9.59 Å². The highest BCUT2D eigenvalue weighted by molar-refractivity contribution is 5.79. The van der Waals surface area contributed by atoms with Crippen molar-refractivity contribution in [1.29, 1.82) is 0 Å². The van der Waals surface area contributed by atoms with Crippen LogP contribution in [-0.2, 0) is 14.3 Å². The van der Waals surface area contributed by atoms with Crippen LogP contribution in [0.25, 0.3) is 0 Å². The van der Waals surface area contributed by atoms with Crippen LogP contribution < -0.4 is 5.73 Å². The van der Waals surface area contributed by atoms with E-state index in [1.165, 1.54) is 0 Å². The number of amides is 1. The number of carbonyl (C=O) groups is 2. The largest absolute Gasteiger partial charge is 0.481 e. The minimum atomic E-state index is -0.896. The summed E-state index contributed by atoms with van der Waals surface area (Å²) in [4.78, 5) is 25.4. The second-order valence-corrected chi connectivity index (χ2v) is 6.03. The normalized spacial score (nSPS) is 27.9. The van der Waals surface area contributed by atoms with Gasteiger partial charge in [0.25, 0.3) is 0 Å². The predicted molar refractivity (Wildman–Crippen MR) is 73.1 cm³/mol. The summed E-state index contributed by atoms with van der Waals surface area (Å²) in [6.07, 6.45) is 3.94. The van der Waals surface area contributed by atoms with E-state index in [2.05, 4.69) is 0 Å². The number of nitrogens with two attached hydrogens (primary N) is 1. The second-order valence-electron chi connectivity index (χ2n) is 6.03. The third-order valence-electron chi connectivity index (χ3n) is 4.41. The van der Waals surface area contributed by atoms with Crippen LogP contribution in [0.1, 0.15) is 39.0 Å². The van der Waals surface area contributed by atoms with Crippen LogP contribution in [0.5, 0.6) is 0 Å². The highest BCUT2D eigenvalue weighted by Gasteiger charge is 2.42. The van der Waals surface area contributed by atoms with Crippen molar-refractivity contribution in [2.24, 2.45) is 11.7 Å². The maximum atomic E-state index is 12.5. The van der Waals surface area contributed by atoms with Gasteiger partial charge in [-0.05, 0) is 25.7 Å². The van der Waals surface area contributed by atoms with Gasteiger partial charge in [-0.25, -0.2) is 0 Å². The molecule has 2 aliphatic rings. The van der Waals surface area contributed by atoms with Crippen molar-refractivity contribution in [3.8, 4) is 0 Å². The molecule has 0 aromatic heterocycles. The van der Waals surface area contributed by atoms with Crippen molar-refractivity contribution in [2.45, 2.75) is 50.6 Å². The number of rotatable bonds is 6. The van der Waals surface area contributed by atoms with Crippen LogP contribution >= 0.6 is 0 Å². The Kier molecular flexibility index (Phi) is 4.65. The molecule has 0 aromatic carbocycles. The molecular weight excluding hydrogens is 260 g/mol. The van der Waals surface area contributed by atoms with Gasteiger partial charge < -0.3 is 20.5 Å². The van der Waals surface area contributed by atoms with Crippen LogP contribution in [0, 0.1) is 5.92 Å². The monoisotopic (exact) mass is 284 g/mol. The van der Waals surface area contributed by atoms with Crippen molar-refractivity contribution >= 4 is 11.9 Å². The van der Waals surface area contributed by atoms with E-state index < -0.39 is 11.9 Å². The number of hydrogen-bond donors (Lipinski definition) is 2. The number of nitrogens with zero attached hydrogens (tertiary/aromatic N) is 1. The van der Waals surface area contributed by atoms with Crippen molar-refractivity contribution in [3.63, 3.8) is 0 Å². The fourth-order valence-electron chi connectivity index (χ4n) is 3.01. The number of hydrogen-bond acceptors (Lipinski definition) is 4. The Morgan fingerprint density at radius 3 is 2.60 bits per heavy atom. The predicted octanol–water partition coefficient (Wildman–Crippen LogP) is 0.596. The summed E-state index contributed by atoms with van der Waals surface area (Å²) in [5.41, 5.74) is 5.76. The molecule has 6 heteroatoms. The standard InChI is InChI=1S/C14H24N2O4/c1-2-6-16(11-9-20-8-10(11)13(18)19)12(17)7-14(15)4-3-5-14/h10-11H,2-9,15H2,1H3,(H,18,19). The van der Waals surface area contributed by atoms with Crippen molar-refractivity contribution in [2.75, 3.05) is 19.8 Å². The summed E-state index contributed by atoms with van der Waals surface area (Å²) in [5, 5.41) is 9.23. The molecule has 2 atom stereocenters. The zero-order chi connectivity index (χ0) is 14.8. The molecule has 1 heterocycles. The third kappa shape index (κ3) is 3.12. The number of carbonyl (C=O) groups excluding carboxylic acids is 1. The van der Waals surface area contributed by atoms with E-state index in [0.29, 0.717) is 19.6 Å². The maximum Gasteiger partial charge on any atom is 0.311 e. The molecule has 2 unspecified atom stereocenters. The minimum Gasteiger partial charge on any atom is -0.481 e. The Morgan fingerprint density at radius 1 is 1.40 bits per heavy atom. The van der Waals surface area contributed by atoms with Gasteiger partial charge in [0.05, 0.1) is 19.3 Å². The fraction of sp³-hybridized carbons (Fsp3) is 0.857. The van der Waals surface area contributed by atoms with Crippen molar-refractivity contribution in [3.05, 3.63) is 0 Å². The molecule has 2 fully saturated rings. The molecule has 1 saturated carbocycles. The Bertz CT molecular complexity index is 381. The first-order valence-electron chi connectivity index (χ1n) is 7.36. The van der Waals surface area contributed by atoms with E-state index in [1.807, 2.05) is 6.92 Å². The van der Waals surface area contributed by atoms with Crippen LogP contribution in [0.2, 0.25) is 0 Å². The minimum absolute atomic E-state index is 0.0317. The van der Waals surface area contributed by atoms with Crippen LogP contribution in [0.4, 0.5) is 0 Å². The molecule has 6 nitrogen and oxygen atoms in total. The van der Waals surface area contributed by atoms with Gasteiger partial charge in [0.1, 0.15) is 5.92 Å². The van der Waals surface area contributed by atoms with E-state index in [1.54, 1.807) is 4.90 Å². The topological polar surface area (TPSA) is 92.9 Å². The van der Waals surface area contributed by atoms with E-state index in [4.69, 9.17) is 10.5 Å². The Labute approximate surface area is 119 Å². The Balaban J connectivity index is 2.05. The molecule has 0 aromatic rings. The summed E-state index contributed by atoms with van der Waals surface area (Å²) in [6, 6.07) is -0.358. The number of carboxylic acids is 1. The Morgan fingerprint density at radius 2 is 2.10 bits per heavy atom. The van der Waals surface area contributed by atoms with Gasteiger partial charge >= 0.3 is 5.97 Å². The molecular formula is C14H24N2O4. The van der Waals surface area contributed by atoms with Crippen LogP contribution in [0.15, 0.2) is 0 Å². The number of carboxylic acid groups (broad SMARTS) is 1. The van der Waals surface area contributed by atoms with Crippen molar-refractivity contribution in [1.82, 2.24) is 4.90 Å². The highest BCUT2D eigenvalue weighted by atomic mass is 16.5. The fourth-order valence-corrected chi connectivity index (χ4v) is 3.01. The highest BCUT2D eigenvalue weighted by Crippen LogP contribution is 2.33. The van der Waals surface area contributed by atoms with Crippen molar-refractivity contribution < 1.29 is 19.4 Å². The summed E-state index contributed by atoms with van der Waals surface area (Å²) in [5.74, 6) is -1.55. The van der Waals surface area contributed by atoms with Crippen LogP contribution in [0.3, 0.4) is 0 Å². The van der Waals surface area contributed by atoms with Gasteiger partial charge in [-0.1, -0.05) is 6.92 Å². The molecule has 20 heavy (non-hydrogen) atoms. The lowest BCUT2D eigenvalue weighted by Gasteiger charge is -2.40. The molecule has 2 rings (SSSR count). The molecule has 114 valence electrons. The SMILES string of the molecule is CCCN(C(=O)CC1(N)CCC1)C1COCC1C(=O)O. The summed E-state index contributed by atoms with van der Waals surface area (Å²) < 4.78 is 5.27. The first kappa shape index (κ1) is 15.3. The lowest BCUT2D eigenvalue weighted by atomic mass is 9.75.